The van der Waals surface area contributed by atoms with Crippen molar-refractivity contribution in [2.45, 2.75) is 20.3 Å². The van der Waals surface area contributed by atoms with Gasteiger partial charge in [-0.25, -0.2) is 17.6 Å². The second kappa shape index (κ2) is 5.18. The third kappa shape index (κ3) is 2.65. The second-order valence-corrected chi connectivity index (χ2v) is 3.74. The van der Waals surface area contributed by atoms with Crippen LogP contribution in [0.15, 0.2) is 6.07 Å². The molecule has 0 heterocycles. The molecule has 1 rings (SSSR count). The average molecular weight is 235 g/mol. The Bertz CT molecular complexity index is 352. The van der Waals surface area contributed by atoms with E-state index in [1.54, 1.807) is 0 Å². The molecule has 1 aromatic rings. The Morgan fingerprint density at radius 3 is 2.06 bits per heavy atom. The molecule has 0 aromatic heterocycles. The first-order chi connectivity index (χ1) is 7.47. The van der Waals surface area contributed by atoms with Crippen molar-refractivity contribution in [3.8, 4) is 0 Å². The summed E-state index contributed by atoms with van der Waals surface area (Å²) >= 11 is 0. The normalized spacial score (nSPS) is 12.6. The first kappa shape index (κ1) is 12.8. The van der Waals surface area contributed by atoms with E-state index in [2.05, 4.69) is 5.32 Å². The number of hydrogen-bond acceptors (Lipinski definition) is 1. The SMILES string of the molecule is CCC(C)CNc1c(F)c(F)cc(F)c1F. The lowest BCUT2D eigenvalue weighted by atomic mass is 10.1. The predicted molar refractivity (Wildman–Crippen MR) is 54.2 cm³/mol. The summed E-state index contributed by atoms with van der Waals surface area (Å²) in [6.45, 7) is 4.02. The molecule has 0 amide bonds. The van der Waals surface area contributed by atoms with Crippen LogP contribution in [0, 0.1) is 29.2 Å². The molecule has 5 heteroatoms. The van der Waals surface area contributed by atoms with Crippen LogP contribution in [0.4, 0.5) is 23.2 Å². The van der Waals surface area contributed by atoms with Gasteiger partial charge in [-0.05, 0) is 5.92 Å². The molecular formula is C11H13F4N. The average Bonchev–Trinajstić information content (AvgIpc) is 2.26. The second-order valence-electron chi connectivity index (χ2n) is 3.74. The van der Waals surface area contributed by atoms with Gasteiger partial charge in [0.25, 0.3) is 0 Å². The summed E-state index contributed by atoms with van der Waals surface area (Å²) in [5.41, 5.74) is -0.738. The van der Waals surface area contributed by atoms with Gasteiger partial charge in [0.15, 0.2) is 23.3 Å². The molecule has 16 heavy (non-hydrogen) atoms. The highest BCUT2D eigenvalue weighted by Crippen LogP contribution is 2.24. The quantitative estimate of drug-likeness (QED) is 0.619. The molecule has 0 saturated heterocycles. The molecule has 1 aromatic carbocycles. The lowest BCUT2D eigenvalue weighted by Gasteiger charge is -2.13. The van der Waals surface area contributed by atoms with Gasteiger partial charge in [-0.2, -0.15) is 0 Å². The van der Waals surface area contributed by atoms with Crippen LogP contribution in [0.1, 0.15) is 20.3 Å². The van der Waals surface area contributed by atoms with E-state index in [4.69, 9.17) is 0 Å². The summed E-state index contributed by atoms with van der Waals surface area (Å²) in [5, 5.41) is 2.38. The first-order valence-electron chi connectivity index (χ1n) is 5.04. The monoisotopic (exact) mass is 235 g/mol. The van der Waals surface area contributed by atoms with Gasteiger partial charge in [0, 0.05) is 12.6 Å². The van der Waals surface area contributed by atoms with Crippen LogP contribution in [-0.2, 0) is 0 Å². The van der Waals surface area contributed by atoms with Gasteiger partial charge in [-0.3, -0.25) is 0 Å². The number of halogens is 4. The minimum absolute atomic E-state index is 0.158. The van der Waals surface area contributed by atoms with E-state index in [1.165, 1.54) is 0 Å². The van der Waals surface area contributed by atoms with Crippen molar-refractivity contribution in [1.29, 1.82) is 0 Å². The molecule has 0 radical (unpaired) electrons. The summed E-state index contributed by atoms with van der Waals surface area (Å²) in [4.78, 5) is 0. The number of anilines is 1. The summed E-state index contributed by atoms with van der Waals surface area (Å²) in [7, 11) is 0. The Hall–Kier alpha value is -1.26. The summed E-state index contributed by atoms with van der Waals surface area (Å²) in [5.74, 6) is -5.41. The van der Waals surface area contributed by atoms with Crippen LogP contribution < -0.4 is 5.32 Å². The van der Waals surface area contributed by atoms with Crippen LogP contribution in [0.25, 0.3) is 0 Å². The van der Waals surface area contributed by atoms with Gasteiger partial charge in [0.05, 0.1) is 0 Å². The van der Waals surface area contributed by atoms with Crippen LogP contribution in [-0.4, -0.2) is 6.54 Å². The van der Waals surface area contributed by atoms with Crippen molar-refractivity contribution in [3.63, 3.8) is 0 Å². The molecule has 0 spiro atoms. The molecule has 0 aliphatic rings. The fourth-order valence-electron chi connectivity index (χ4n) is 1.15. The van der Waals surface area contributed by atoms with Crippen LogP contribution in [0.3, 0.4) is 0 Å². The van der Waals surface area contributed by atoms with E-state index >= 15 is 0 Å². The molecule has 1 atom stereocenters. The van der Waals surface area contributed by atoms with Crippen molar-refractivity contribution >= 4 is 5.69 Å². The Morgan fingerprint density at radius 2 is 1.62 bits per heavy atom. The molecule has 1 N–H and O–H groups in total. The molecule has 0 bridgehead atoms. The summed E-state index contributed by atoms with van der Waals surface area (Å²) in [6.07, 6.45) is 0.800. The van der Waals surface area contributed by atoms with Gasteiger partial charge < -0.3 is 5.32 Å². The standard InChI is InChI=1S/C11H13F4N/c1-3-6(2)5-16-11-9(14)7(12)4-8(13)10(11)15/h4,6,16H,3,5H2,1-2H3. The van der Waals surface area contributed by atoms with Gasteiger partial charge in [-0.15, -0.1) is 0 Å². The third-order valence-corrected chi connectivity index (χ3v) is 2.44. The molecule has 1 unspecified atom stereocenters. The number of nitrogens with one attached hydrogen (secondary N) is 1. The number of rotatable bonds is 4. The van der Waals surface area contributed by atoms with Crippen molar-refractivity contribution in [1.82, 2.24) is 0 Å². The molecule has 0 aliphatic carbocycles. The van der Waals surface area contributed by atoms with E-state index in [9.17, 15) is 17.6 Å². The predicted octanol–water partition coefficient (Wildman–Crippen LogP) is 3.70. The van der Waals surface area contributed by atoms with E-state index in [-0.39, 0.29) is 18.5 Å². The van der Waals surface area contributed by atoms with E-state index in [1.807, 2.05) is 13.8 Å². The van der Waals surface area contributed by atoms with E-state index in [0.717, 1.165) is 6.42 Å². The zero-order chi connectivity index (χ0) is 12.3. The maximum Gasteiger partial charge on any atom is 0.185 e. The Morgan fingerprint density at radius 1 is 1.12 bits per heavy atom. The van der Waals surface area contributed by atoms with Gasteiger partial charge >= 0.3 is 0 Å². The number of benzene rings is 1. The molecule has 1 nitrogen and oxygen atoms in total. The molecule has 0 aliphatic heterocycles. The largest absolute Gasteiger partial charge is 0.380 e. The molecular weight excluding hydrogens is 222 g/mol. The van der Waals surface area contributed by atoms with Gasteiger partial charge in [-0.1, -0.05) is 20.3 Å². The maximum atomic E-state index is 13.2. The lowest BCUT2D eigenvalue weighted by molar-refractivity contribution is 0.456. The smallest absolute Gasteiger partial charge is 0.185 e. The summed E-state index contributed by atoms with van der Waals surface area (Å²) < 4.78 is 51.9. The molecule has 90 valence electrons. The van der Waals surface area contributed by atoms with E-state index < -0.39 is 29.0 Å². The Kier molecular flexibility index (Phi) is 4.15. The van der Waals surface area contributed by atoms with Gasteiger partial charge in [0.2, 0.25) is 0 Å². The Balaban J connectivity index is 2.94. The zero-order valence-corrected chi connectivity index (χ0v) is 9.08. The number of hydrogen-bond donors (Lipinski definition) is 1. The topological polar surface area (TPSA) is 12.0 Å². The minimum atomic E-state index is -1.40. The highest BCUT2D eigenvalue weighted by Gasteiger charge is 2.18. The van der Waals surface area contributed by atoms with Crippen LogP contribution in [0.5, 0.6) is 0 Å². The minimum Gasteiger partial charge on any atom is -0.380 e. The summed E-state index contributed by atoms with van der Waals surface area (Å²) in [6, 6.07) is 0.194. The maximum absolute atomic E-state index is 13.2. The van der Waals surface area contributed by atoms with Crippen molar-refractivity contribution < 1.29 is 17.6 Å². The van der Waals surface area contributed by atoms with E-state index in [0.29, 0.717) is 0 Å². The molecule has 0 saturated carbocycles. The first-order valence-corrected chi connectivity index (χ1v) is 5.04. The highest BCUT2D eigenvalue weighted by molar-refractivity contribution is 5.47. The fourth-order valence-corrected chi connectivity index (χ4v) is 1.15. The molecule has 0 fully saturated rings. The fraction of sp³-hybridized carbons (Fsp3) is 0.455. The van der Waals surface area contributed by atoms with Crippen molar-refractivity contribution in [3.05, 3.63) is 29.3 Å². The third-order valence-electron chi connectivity index (χ3n) is 2.44. The zero-order valence-electron chi connectivity index (χ0n) is 9.08. The van der Waals surface area contributed by atoms with Crippen molar-refractivity contribution in [2.75, 3.05) is 11.9 Å². The Labute approximate surface area is 91.5 Å². The van der Waals surface area contributed by atoms with Crippen molar-refractivity contribution in [2.24, 2.45) is 5.92 Å². The van der Waals surface area contributed by atoms with Gasteiger partial charge in [0.1, 0.15) is 5.69 Å². The lowest BCUT2D eigenvalue weighted by Crippen LogP contribution is -2.14. The van der Waals surface area contributed by atoms with Crippen LogP contribution in [0.2, 0.25) is 0 Å². The highest BCUT2D eigenvalue weighted by atomic mass is 19.2. The van der Waals surface area contributed by atoms with Crippen LogP contribution >= 0.6 is 0 Å².